The number of amides is 1. The van der Waals surface area contributed by atoms with E-state index in [2.05, 4.69) is 10.6 Å². The fourth-order valence-electron chi connectivity index (χ4n) is 2.39. The van der Waals surface area contributed by atoms with Gasteiger partial charge in [0.15, 0.2) is 0 Å². The van der Waals surface area contributed by atoms with Gasteiger partial charge in [-0.3, -0.25) is 4.79 Å². The van der Waals surface area contributed by atoms with E-state index in [1.54, 1.807) is 54.6 Å². The molecule has 0 radical (unpaired) electrons. The lowest BCUT2D eigenvalue weighted by Crippen LogP contribution is -2.14. The van der Waals surface area contributed by atoms with Gasteiger partial charge < -0.3 is 10.6 Å². The molecule has 3 rings (SSSR count). The van der Waals surface area contributed by atoms with Crippen molar-refractivity contribution in [3.05, 3.63) is 90.0 Å². The fraction of sp³-hybridized carbons (Fsp3) is 0.0500. The maximum absolute atomic E-state index is 13.6. The Morgan fingerprint density at radius 1 is 0.840 bits per heavy atom. The lowest BCUT2D eigenvalue weighted by Gasteiger charge is -2.09. The van der Waals surface area contributed by atoms with E-state index in [-0.39, 0.29) is 24.0 Å². The summed E-state index contributed by atoms with van der Waals surface area (Å²) in [5.41, 5.74) is 2.30. The van der Waals surface area contributed by atoms with Crippen molar-refractivity contribution in [2.75, 3.05) is 10.6 Å². The van der Waals surface area contributed by atoms with Crippen LogP contribution in [0.2, 0.25) is 0 Å². The van der Waals surface area contributed by atoms with Crippen molar-refractivity contribution in [3.63, 3.8) is 0 Å². The van der Waals surface area contributed by atoms with Crippen LogP contribution in [0.1, 0.15) is 5.56 Å². The highest BCUT2D eigenvalue weighted by Gasteiger charge is 2.06. The molecule has 3 nitrogen and oxygen atoms in total. The first-order valence-electron chi connectivity index (χ1n) is 7.76. The minimum atomic E-state index is -0.367. The van der Waals surface area contributed by atoms with Crippen LogP contribution in [0.25, 0.3) is 0 Å². The quantitative estimate of drug-likeness (QED) is 0.695. The molecule has 0 aromatic heterocycles. The largest absolute Gasteiger partial charge is 0.353 e. The summed E-state index contributed by atoms with van der Waals surface area (Å²) in [6.07, 6.45) is 0.0903. The van der Waals surface area contributed by atoms with Gasteiger partial charge >= 0.3 is 0 Å². The fourth-order valence-corrected chi connectivity index (χ4v) is 2.39. The van der Waals surface area contributed by atoms with E-state index in [1.807, 2.05) is 0 Å². The monoisotopic (exact) mass is 338 g/mol. The molecule has 0 aliphatic rings. The number of benzene rings is 3. The molecule has 0 atom stereocenters. The van der Waals surface area contributed by atoms with Crippen LogP contribution in [0.5, 0.6) is 0 Å². The van der Waals surface area contributed by atoms with Gasteiger partial charge in [0.25, 0.3) is 0 Å². The molecule has 126 valence electrons. The summed E-state index contributed by atoms with van der Waals surface area (Å²) in [5.74, 6) is -0.941. The van der Waals surface area contributed by atoms with Gasteiger partial charge in [-0.1, -0.05) is 24.3 Å². The van der Waals surface area contributed by atoms with Gasteiger partial charge in [-0.25, -0.2) is 8.78 Å². The third-order valence-corrected chi connectivity index (χ3v) is 3.58. The van der Waals surface area contributed by atoms with E-state index in [0.717, 1.165) is 0 Å². The zero-order chi connectivity index (χ0) is 17.6. The Kier molecular flexibility index (Phi) is 5.04. The number of carbonyl (C=O) groups is 1. The van der Waals surface area contributed by atoms with E-state index < -0.39 is 0 Å². The minimum absolute atomic E-state index is 0.0903. The maximum Gasteiger partial charge on any atom is 0.228 e. The van der Waals surface area contributed by atoms with Crippen LogP contribution < -0.4 is 10.6 Å². The Balaban J connectivity index is 1.60. The molecule has 3 aromatic carbocycles. The molecule has 1 amide bonds. The van der Waals surface area contributed by atoms with Crippen LogP contribution in [0, 0.1) is 11.6 Å². The lowest BCUT2D eigenvalue weighted by atomic mass is 10.1. The Labute approximate surface area is 144 Å². The molecule has 25 heavy (non-hydrogen) atoms. The van der Waals surface area contributed by atoms with Crippen molar-refractivity contribution in [2.45, 2.75) is 6.42 Å². The first-order chi connectivity index (χ1) is 12.1. The van der Waals surface area contributed by atoms with Gasteiger partial charge in [-0.15, -0.1) is 0 Å². The van der Waals surface area contributed by atoms with Crippen LogP contribution in [-0.4, -0.2) is 5.91 Å². The third-order valence-electron chi connectivity index (χ3n) is 3.58. The van der Waals surface area contributed by atoms with E-state index in [9.17, 15) is 13.6 Å². The van der Waals surface area contributed by atoms with Gasteiger partial charge in [-0.05, 0) is 54.1 Å². The molecule has 5 heteroatoms. The second-order valence-electron chi connectivity index (χ2n) is 5.54. The van der Waals surface area contributed by atoms with Crippen molar-refractivity contribution < 1.29 is 13.6 Å². The number of rotatable bonds is 5. The van der Waals surface area contributed by atoms with Crippen molar-refractivity contribution in [3.8, 4) is 0 Å². The Morgan fingerprint density at radius 2 is 1.56 bits per heavy atom. The molecule has 0 saturated carbocycles. The molecule has 2 N–H and O–H groups in total. The number of hydrogen-bond acceptors (Lipinski definition) is 2. The molecule has 0 unspecified atom stereocenters. The van der Waals surface area contributed by atoms with Crippen molar-refractivity contribution >= 4 is 23.0 Å². The summed E-state index contributed by atoms with van der Waals surface area (Å²) in [5, 5.41) is 5.72. The average molecular weight is 338 g/mol. The number of anilines is 3. The number of para-hydroxylation sites is 1. The molecular weight excluding hydrogens is 322 g/mol. The molecule has 0 saturated heterocycles. The normalized spacial score (nSPS) is 10.3. The molecule has 0 heterocycles. The van der Waals surface area contributed by atoms with Crippen LogP contribution in [0.15, 0.2) is 72.8 Å². The lowest BCUT2D eigenvalue weighted by molar-refractivity contribution is -0.115. The predicted molar refractivity (Wildman–Crippen MR) is 94.9 cm³/mol. The van der Waals surface area contributed by atoms with Crippen molar-refractivity contribution in [1.29, 1.82) is 0 Å². The predicted octanol–water partition coefficient (Wildman–Crippen LogP) is 4.89. The first-order valence-corrected chi connectivity index (χ1v) is 7.76. The second-order valence-corrected chi connectivity index (χ2v) is 5.54. The van der Waals surface area contributed by atoms with Gasteiger partial charge in [0.05, 0.1) is 12.1 Å². The molecule has 3 aromatic rings. The van der Waals surface area contributed by atoms with Crippen molar-refractivity contribution in [1.82, 2.24) is 0 Å². The molecule has 0 aliphatic heterocycles. The van der Waals surface area contributed by atoms with Gasteiger partial charge in [-0.2, -0.15) is 0 Å². The van der Waals surface area contributed by atoms with Crippen LogP contribution >= 0.6 is 0 Å². The molecule has 0 spiro atoms. The summed E-state index contributed by atoms with van der Waals surface area (Å²) in [6.45, 7) is 0. The van der Waals surface area contributed by atoms with Gasteiger partial charge in [0, 0.05) is 11.4 Å². The number of hydrogen-bond donors (Lipinski definition) is 2. The molecule has 0 fully saturated rings. The second kappa shape index (κ2) is 7.57. The minimum Gasteiger partial charge on any atom is -0.353 e. The molecule has 0 aliphatic carbocycles. The van der Waals surface area contributed by atoms with Crippen LogP contribution in [0.4, 0.5) is 25.8 Å². The Morgan fingerprint density at radius 3 is 2.28 bits per heavy atom. The number of nitrogens with one attached hydrogen (secondary N) is 2. The number of halogens is 2. The summed E-state index contributed by atoms with van der Waals surface area (Å²) < 4.78 is 26.7. The highest BCUT2D eigenvalue weighted by Crippen LogP contribution is 2.21. The van der Waals surface area contributed by atoms with Crippen LogP contribution in [0.3, 0.4) is 0 Å². The maximum atomic E-state index is 13.6. The SMILES string of the molecule is O=C(Cc1cccc(F)c1)Nc1ccc(Nc2ccccc2F)cc1. The number of carbonyl (C=O) groups excluding carboxylic acids is 1. The zero-order valence-electron chi connectivity index (χ0n) is 13.3. The van der Waals surface area contributed by atoms with E-state index >= 15 is 0 Å². The average Bonchev–Trinajstić information content (AvgIpc) is 2.58. The zero-order valence-corrected chi connectivity index (χ0v) is 13.3. The summed E-state index contributed by atoms with van der Waals surface area (Å²) in [4.78, 5) is 12.0. The van der Waals surface area contributed by atoms with Gasteiger partial charge in [0.2, 0.25) is 5.91 Å². The Bertz CT molecular complexity index is 879. The highest BCUT2D eigenvalue weighted by molar-refractivity contribution is 5.92. The Hall–Kier alpha value is -3.21. The van der Waals surface area contributed by atoms with E-state index in [4.69, 9.17) is 0 Å². The summed E-state index contributed by atoms with van der Waals surface area (Å²) in [7, 11) is 0. The highest BCUT2D eigenvalue weighted by atomic mass is 19.1. The van der Waals surface area contributed by atoms with Gasteiger partial charge in [0.1, 0.15) is 11.6 Å². The smallest absolute Gasteiger partial charge is 0.228 e. The van der Waals surface area contributed by atoms with E-state index in [1.165, 1.54) is 18.2 Å². The van der Waals surface area contributed by atoms with E-state index in [0.29, 0.717) is 22.6 Å². The standard InChI is InChI=1S/C20H16F2N2O/c21-15-5-3-4-14(12-15)13-20(25)24-17-10-8-16(9-11-17)23-19-7-2-1-6-18(19)22/h1-12,23H,13H2,(H,24,25). The van der Waals surface area contributed by atoms with Crippen LogP contribution in [-0.2, 0) is 11.2 Å². The topological polar surface area (TPSA) is 41.1 Å². The first kappa shape index (κ1) is 16.6. The summed E-state index contributed by atoms with van der Waals surface area (Å²) in [6, 6.07) is 19.2. The molecular formula is C20H16F2N2O. The molecule has 0 bridgehead atoms. The van der Waals surface area contributed by atoms with Crippen molar-refractivity contribution in [2.24, 2.45) is 0 Å². The third kappa shape index (κ3) is 4.64. The summed E-state index contributed by atoms with van der Waals surface area (Å²) >= 11 is 0.